The predicted molar refractivity (Wildman–Crippen MR) is 529 cm³/mol. The summed E-state index contributed by atoms with van der Waals surface area (Å²) in [6.45, 7) is 7.28. The molecule has 0 saturated heterocycles. The molecule has 0 atom stereocenters. The molecule has 0 bridgehead atoms. The topological polar surface area (TPSA) is 450 Å². The molecule has 0 unspecified atom stereocenters. The Balaban J connectivity index is 0.000000129. The van der Waals surface area contributed by atoms with Crippen LogP contribution >= 0.6 is 0 Å². The highest BCUT2D eigenvalue weighted by molar-refractivity contribution is 6.13. The summed E-state index contributed by atoms with van der Waals surface area (Å²) >= 11 is 0. The fraction of sp³-hybridized carbons (Fsp3) is 0.240. The van der Waals surface area contributed by atoms with Crippen LogP contribution in [-0.2, 0) is 68.1 Å². The summed E-state index contributed by atoms with van der Waals surface area (Å²) in [4.78, 5) is 160. The molecular formula is C104H101N13O25. The molecule has 14 aromatic rings. The van der Waals surface area contributed by atoms with Crippen molar-refractivity contribution in [2.75, 3.05) is 107 Å². The van der Waals surface area contributed by atoms with Crippen LogP contribution in [0.2, 0.25) is 0 Å². The van der Waals surface area contributed by atoms with Crippen LogP contribution in [0.4, 0.5) is 28.4 Å². The molecule has 6 aliphatic rings. The van der Waals surface area contributed by atoms with E-state index in [2.05, 4.69) is 36.9 Å². The quantitative estimate of drug-likeness (QED) is 0.0472. The number of anilines is 5. The number of pyridine rings is 5. The summed E-state index contributed by atoms with van der Waals surface area (Å²) in [6, 6.07) is 50.2. The minimum atomic E-state index is -0.668. The number of nitrogens with one attached hydrogen (secondary N) is 7. The number of carbonyl (C=O) groups excluding carboxylic acids is 6. The van der Waals surface area contributed by atoms with E-state index in [1.54, 1.807) is 200 Å². The number of aromatic amines is 1. The lowest BCUT2D eigenvalue weighted by molar-refractivity contribution is 0.0948. The van der Waals surface area contributed by atoms with E-state index in [0.29, 0.717) is 226 Å². The lowest BCUT2D eigenvalue weighted by Gasteiger charge is -2.21. The third kappa shape index (κ3) is 23.3. The summed E-state index contributed by atoms with van der Waals surface area (Å²) in [5.74, 6) is 5.59. The van der Waals surface area contributed by atoms with Gasteiger partial charge in [-0.15, -0.1) is 0 Å². The fourth-order valence-corrected chi connectivity index (χ4v) is 15.9. The molecule has 8 aromatic carbocycles. The van der Waals surface area contributed by atoms with Gasteiger partial charge in [0.15, 0.2) is 69.0 Å². The number of carbonyl (C=O) groups is 6. The van der Waals surface area contributed by atoms with Crippen LogP contribution in [0.5, 0.6) is 69.0 Å². The molecule has 20 rings (SSSR count). The van der Waals surface area contributed by atoms with Crippen molar-refractivity contribution in [2.24, 2.45) is 42.3 Å². The second-order valence-corrected chi connectivity index (χ2v) is 32.8. The third-order valence-corrected chi connectivity index (χ3v) is 23.2. The molecule has 0 fully saturated rings. The first-order valence-corrected chi connectivity index (χ1v) is 45.2. The molecule has 0 saturated carbocycles. The molecule has 38 heteroatoms. The molecule has 732 valence electrons. The number of nitrogens with zero attached hydrogens (tertiary/aromatic N) is 6. The maximum Gasteiger partial charge on any atom is 0.328 e. The molecule has 11 heterocycles. The number of hydrogen-bond donors (Lipinski definition) is 7. The normalized spacial score (nSPS) is 12.9. The molecule has 0 spiro atoms. The van der Waals surface area contributed by atoms with Crippen LogP contribution in [0.25, 0.3) is 21.5 Å². The first-order valence-electron chi connectivity index (χ1n) is 45.2. The van der Waals surface area contributed by atoms with Gasteiger partial charge in [-0.25, -0.2) is 4.79 Å². The molecule has 1 aliphatic carbocycles. The smallest absolute Gasteiger partial charge is 0.328 e. The van der Waals surface area contributed by atoms with Gasteiger partial charge in [-0.05, 0) is 140 Å². The van der Waals surface area contributed by atoms with E-state index in [1.165, 1.54) is 61.5 Å². The Kier molecular flexibility index (Phi) is 31.2. The van der Waals surface area contributed by atoms with Gasteiger partial charge in [-0.1, -0.05) is 49.4 Å². The lowest BCUT2D eigenvalue weighted by atomic mass is 9.89. The number of ether oxygens (including phenoxy) is 12. The number of aryl methyl sites for hydroxylation is 6. The minimum absolute atomic E-state index is 0.00517. The molecule has 6 aromatic heterocycles. The van der Waals surface area contributed by atoms with Gasteiger partial charge in [0.05, 0.1) is 42.0 Å². The van der Waals surface area contributed by atoms with Gasteiger partial charge < -0.3 is 117 Å². The maximum atomic E-state index is 12.8. The zero-order valence-corrected chi connectivity index (χ0v) is 78.9. The van der Waals surface area contributed by atoms with Crippen molar-refractivity contribution < 1.29 is 85.6 Å². The van der Waals surface area contributed by atoms with Crippen LogP contribution in [0.15, 0.2) is 247 Å². The Morgan fingerprint density at radius 1 is 0.331 bits per heavy atom. The summed E-state index contributed by atoms with van der Waals surface area (Å²) in [7, 11) is 12.6. The van der Waals surface area contributed by atoms with Crippen LogP contribution < -0.4 is 128 Å². The number of amides is 6. The highest BCUT2D eigenvalue weighted by Gasteiger charge is 2.27. The Morgan fingerprint density at radius 3 is 1.17 bits per heavy atom. The number of aromatic nitrogens is 7. The van der Waals surface area contributed by atoms with Crippen molar-refractivity contribution in [1.29, 1.82) is 0 Å². The van der Waals surface area contributed by atoms with E-state index >= 15 is 0 Å². The number of benzene rings is 8. The number of hydrogen-bond acceptors (Lipinski definition) is 25. The van der Waals surface area contributed by atoms with Gasteiger partial charge >= 0.3 is 5.69 Å². The van der Waals surface area contributed by atoms with Gasteiger partial charge in [0.25, 0.3) is 63.2 Å². The maximum absolute atomic E-state index is 12.8. The number of fused-ring (bicyclic) bond motifs is 8. The Hall–Kier alpha value is -17.9. The van der Waals surface area contributed by atoms with Crippen LogP contribution in [0.3, 0.4) is 0 Å². The van der Waals surface area contributed by atoms with Gasteiger partial charge in [-0.3, -0.25) is 62.1 Å². The number of methoxy groups -OCH3 is 2. The standard InChI is InChI=1S/C20H18N2O4.C19H20N2O4.C19H18N2O4.C17H18N2O4.C15H14N2O4.C14H13N3O5/c1-22-12-16(14-4-2-3-5-15(14)20(22)24)19(23)21-11-13-6-7-17-18(10-13)26-9-8-25-17;1-21-11-15(13-4-2-3-5-14(13)19(21)23)18(22)20-12-6-7-16-17(10-12)25-9-8-24-16;1-21-11-15(13-6-4-5-7-14(13)19(21)23)18(22)20-12-8-9-16(24-2)17(10-12)25-3;1-3-11-8-12(10-19(2)17(11)21)16(20)18-13-4-5-14-15(9-13)23-7-6-22-14;1-17-9-10(2-5-14(17)18)15(19)16-11-3-4-12-13(8-11)21-7-6-20-12;1-17-13(19)9(7-15-14(17)20)12(18)16-8-2-3-10-11(6-8)22-5-4-21-10/h2-7,10,12H,8-9,11H2,1H3,(H,21,23);6-7,10-11H,2-5,8-9H2,1H3,(H,20,22);4-11H,1-3H3,(H,20,22);4-5,8-10H,3,6-7H2,1-2H3,(H,18,20);2-5,8-9H,6-7H2,1H3,(H,16,19);2-3,6-7H,4-5H2,1H3,(H,15,20)(H,16,18). The molecule has 6 amide bonds. The van der Waals surface area contributed by atoms with Crippen LogP contribution in [-0.4, -0.2) is 148 Å². The molecule has 7 N–H and O–H groups in total. The zero-order valence-electron chi connectivity index (χ0n) is 78.9. The van der Waals surface area contributed by atoms with Crippen molar-refractivity contribution in [3.05, 3.63) is 341 Å². The molecule has 142 heavy (non-hydrogen) atoms. The first-order chi connectivity index (χ1) is 68.6. The highest BCUT2D eigenvalue weighted by atomic mass is 16.6. The van der Waals surface area contributed by atoms with Crippen LogP contribution in [0.1, 0.15) is 104 Å². The van der Waals surface area contributed by atoms with Crippen molar-refractivity contribution in [3.8, 4) is 69.0 Å². The van der Waals surface area contributed by atoms with E-state index in [-0.39, 0.29) is 62.9 Å². The summed E-state index contributed by atoms with van der Waals surface area (Å²) in [5.41, 5.74) is 6.52. The van der Waals surface area contributed by atoms with Crippen molar-refractivity contribution in [2.45, 2.75) is 45.6 Å². The van der Waals surface area contributed by atoms with Gasteiger partial charge in [-0.2, -0.15) is 0 Å². The Morgan fingerprint density at radius 2 is 0.704 bits per heavy atom. The van der Waals surface area contributed by atoms with Gasteiger partial charge in [0, 0.05) is 184 Å². The van der Waals surface area contributed by atoms with Crippen molar-refractivity contribution >= 4 is 85.4 Å². The van der Waals surface area contributed by atoms with E-state index in [0.717, 1.165) is 58.9 Å². The minimum Gasteiger partial charge on any atom is -0.493 e. The van der Waals surface area contributed by atoms with Gasteiger partial charge in [0.1, 0.15) is 71.6 Å². The van der Waals surface area contributed by atoms with Crippen LogP contribution in [0, 0.1) is 0 Å². The Bertz CT molecular complexity index is 7680. The third-order valence-electron chi connectivity index (χ3n) is 23.2. The van der Waals surface area contributed by atoms with E-state index in [4.69, 9.17) is 56.8 Å². The first kappa shape index (κ1) is 98.6. The van der Waals surface area contributed by atoms with Crippen molar-refractivity contribution in [1.82, 2.24) is 37.7 Å². The average Bonchev–Trinajstić information content (AvgIpc) is 0.779. The molecular weight excluding hydrogens is 1830 g/mol. The number of rotatable bonds is 16. The second kappa shape index (κ2) is 45.0. The van der Waals surface area contributed by atoms with E-state index in [1.807, 2.05) is 31.2 Å². The zero-order chi connectivity index (χ0) is 100. The SMILES string of the molecule is CCc1cc(C(=O)Nc2ccc3c(c2)OCCO3)cn(C)c1=O.COc1ccc(NC(=O)c2cn(C)c(=O)c3ccccc23)cc1OC.Cn1c(=O)[nH]cc(C(=O)Nc2ccc3c(c2)OCCO3)c1=O.Cn1cc(C(=O)NCc2ccc3c(c2)OCCO3)c2ccccc2c1=O.Cn1cc(C(=O)Nc2ccc3c(c2)OCCO3)c2c(c1=O)CCCC2.Cn1cc(C(=O)Nc2ccc3c(c2)OCCO3)ccc1=O. The largest absolute Gasteiger partial charge is 0.493 e. The number of H-pyrrole nitrogens is 1. The summed E-state index contributed by atoms with van der Waals surface area (Å²) in [6.07, 6.45) is 13.0. The molecule has 5 aliphatic heterocycles. The summed E-state index contributed by atoms with van der Waals surface area (Å²) in [5, 5.41) is 19.1. The van der Waals surface area contributed by atoms with E-state index < -0.39 is 17.2 Å². The summed E-state index contributed by atoms with van der Waals surface area (Å²) < 4.78 is 73.2. The predicted octanol–water partition coefficient (Wildman–Crippen LogP) is 10.8. The lowest BCUT2D eigenvalue weighted by Crippen LogP contribution is -2.37. The van der Waals surface area contributed by atoms with Gasteiger partial charge in [0.2, 0.25) is 5.56 Å². The Labute approximate surface area is 809 Å². The highest BCUT2D eigenvalue weighted by Crippen LogP contribution is 2.39. The van der Waals surface area contributed by atoms with Crippen molar-refractivity contribution in [3.63, 3.8) is 0 Å². The second-order valence-electron chi connectivity index (χ2n) is 32.8. The average molecular weight is 1930 g/mol. The molecule has 0 radical (unpaired) electrons. The monoisotopic (exact) mass is 1930 g/mol. The molecule has 38 nitrogen and oxygen atoms in total. The fourth-order valence-electron chi connectivity index (χ4n) is 15.9. The van der Waals surface area contributed by atoms with E-state index in [9.17, 15) is 62.3 Å².